The minimum absolute atomic E-state index is 0.0228. The van der Waals surface area contributed by atoms with Crippen molar-refractivity contribution in [2.45, 2.75) is 38.3 Å². The normalized spacial score (nSPS) is 18.1. The van der Waals surface area contributed by atoms with Crippen LogP contribution in [0.15, 0.2) is 23.1 Å². The van der Waals surface area contributed by atoms with Crippen molar-refractivity contribution in [1.82, 2.24) is 14.9 Å². The Morgan fingerprint density at radius 1 is 1.29 bits per heavy atom. The van der Waals surface area contributed by atoms with Crippen molar-refractivity contribution in [2.24, 2.45) is 5.92 Å². The molecular weight excluding hydrogens is 389 g/mol. The highest BCUT2D eigenvalue weighted by Gasteiger charge is 2.35. The minimum Gasteiger partial charge on any atom is -0.360 e. The number of amides is 2. The third-order valence-electron chi connectivity index (χ3n) is 4.19. The average Bonchev–Trinajstić information content (AvgIpc) is 2.63. The van der Waals surface area contributed by atoms with Gasteiger partial charge in [-0.25, -0.2) is 12.8 Å². The lowest BCUT2D eigenvalue weighted by Gasteiger charge is -2.34. The summed E-state index contributed by atoms with van der Waals surface area (Å²) in [7, 11) is -3.96. The molecule has 0 saturated carbocycles. The highest BCUT2D eigenvalue weighted by atomic mass is 32.2. The summed E-state index contributed by atoms with van der Waals surface area (Å²) in [5, 5.41) is 4.90. The molecule has 8 nitrogen and oxygen atoms in total. The summed E-state index contributed by atoms with van der Waals surface area (Å²) in [6.07, 6.45) is -0.469. The topological polar surface area (TPSA) is 105 Å². The predicted octanol–water partition coefficient (Wildman–Crippen LogP) is 0.760. The Bertz CT molecular complexity index is 829. The highest BCUT2D eigenvalue weighted by molar-refractivity contribution is 7.89. The van der Waals surface area contributed by atoms with Gasteiger partial charge in [0.15, 0.2) is 0 Å². The molecule has 1 atom stereocenters. The fourth-order valence-electron chi connectivity index (χ4n) is 2.77. The van der Waals surface area contributed by atoms with Crippen LogP contribution in [0.4, 0.5) is 4.39 Å². The molecule has 156 valence electrons. The van der Waals surface area contributed by atoms with Gasteiger partial charge in [-0.15, -0.1) is 0 Å². The second kappa shape index (κ2) is 9.44. The number of carbonyl (C=O) groups excluding carboxylic acids is 2. The number of hydrogen-bond donors (Lipinski definition) is 2. The van der Waals surface area contributed by atoms with Crippen molar-refractivity contribution in [3.8, 4) is 0 Å². The average molecular weight is 415 g/mol. The van der Waals surface area contributed by atoms with Crippen molar-refractivity contribution >= 4 is 21.8 Å². The van der Waals surface area contributed by atoms with E-state index in [9.17, 15) is 22.4 Å². The molecule has 0 aromatic heterocycles. The molecule has 1 aromatic carbocycles. The van der Waals surface area contributed by atoms with E-state index in [1.165, 1.54) is 13.0 Å². The summed E-state index contributed by atoms with van der Waals surface area (Å²) in [5.74, 6) is -1.97. The van der Waals surface area contributed by atoms with Gasteiger partial charge in [0, 0.05) is 13.1 Å². The Morgan fingerprint density at radius 2 is 1.96 bits per heavy atom. The first kappa shape index (κ1) is 22.3. The standard InChI is InChI=1S/C18H26FN3O5S/c1-12(2)10-20-17(23)18(24)21-11-16-22(7-4-8-27-16)28(25,26)15-6-5-14(19)9-13(15)3/h5-6,9,12,16H,4,7-8,10-11H2,1-3H3,(H,20,23)(H,21,24)/t16-/m0/s1. The van der Waals surface area contributed by atoms with Gasteiger partial charge in [0.2, 0.25) is 10.0 Å². The Kier molecular flexibility index (Phi) is 7.50. The molecule has 28 heavy (non-hydrogen) atoms. The second-order valence-corrected chi connectivity index (χ2v) is 8.88. The zero-order valence-electron chi connectivity index (χ0n) is 16.2. The third kappa shape index (κ3) is 5.49. The molecule has 0 radical (unpaired) electrons. The molecule has 0 aliphatic carbocycles. The van der Waals surface area contributed by atoms with Gasteiger partial charge in [0.05, 0.1) is 18.0 Å². The van der Waals surface area contributed by atoms with E-state index in [0.29, 0.717) is 19.6 Å². The first-order chi connectivity index (χ1) is 13.1. The van der Waals surface area contributed by atoms with Crippen LogP contribution in [0.5, 0.6) is 0 Å². The molecule has 0 spiro atoms. The quantitative estimate of drug-likeness (QED) is 0.668. The van der Waals surface area contributed by atoms with Crippen molar-refractivity contribution < 1.29 is 27.1 Å². The number of halogens is 1. The van der Waals surface area contributed by atoms with Gasteiger partial charge < -0.3 is 15.4 Å². The van der Waals surface area contributed by atoms with Gasteiger partial charge >= 0.3 is 11.8 Å². The van der Waals surface area contributed by atoms with E-state index >= 15 is 0 Å². The Hall–Kier alpha value is -2.04. The molecule has 1 aromatic rings. The summed E-state index contributed by atoms with van der Waals surface area (Å²) < 4.78 is 46.0. The highest BCUT2D eigenvalue weighted by Crippen LogP contribution is 2.25. The minimum atomic E-state index is -3.96. The van der Waals surface area contributed by atoms with E-state index < -0.39 is 33.9 Å². The molecule has 2 rings (SSSR count). The number of carbonyl (C=O) groups is 2. The van der Waals surface area contributed by atoms with E-state index in [-0.39, 0.29) is 29.5 Å². The van der Waals surface area contributed by atoms with Crippen LogP contribution in [-0.4, -0.2) is 57.0 Å². The summed E-state index contributed by atoms with van der Waals surface area (Å²) >= 11 is 0. The van der Waals surface area contributed by atoms with Gasteiger partial charge in [-0.2, -0.15) is 4.31 Å². The SMILES string of the molecule is Cc1cc(F)ccc1S(=O)(=O)N1CCCO[C@H]1CNC(=O)C(=O)NCC(C)C. The van der Waals surface area contributed by atoms with Gasteiger partial charge in [-0.1, -0.05) is 13.8 Å². The van der Waals surface area contributed by atoms with Crippen LogP contribution in [-0.2, 0) is 24.3 Å². The maximum atomic E-state index is 13.3. The summed E-state index contributed by atoms with van der Waals surface area (Å²) in [6.45, 7) is 6.01. The summed E-state index contributed by atoms with van der Waals surface area (Å²) in [5.41, 5.74) is 0.279. The van der Waals surface area contributed by atoms with E-state index in [0.717, 1.165) is 16.4 Å². The number of nitrogens with one attached hydrogen (secondary N) is 2. The van der Waals surface area contributed by atoms with E-state index in [4.69, 9.17) is 4.74 Å². The van der Waals surface area contributed by atoms with E-state index in [1.54, 1.807) is 0 Å². The Labute approximate surface area is 164 Å². The number of nitrogens with zero attached hydrogens (tertiary/aromatic N) is 1. The van der Waals surface area contributed by atoms with E-state index in [1.807, 2.05) is 13.8 Å². The summed E-state index contributed by atoms with van der Waals surface area (Å²) in [4.78, 5) is 23.7. The lowest BCUT2D eigenvalue weighted by atomic mass is 10.2. The van der Waals surface area contributed by atoms with Gasteiger partial charge in [-0.05, 0) is 43.0 Å². The fourth-order valence-corrected chi connectivity index (χ4v) is 4.54. The van der Waals surface area contributed by atoms with Crippen LogP contribution in [0.3, 0.4) is 0 Å². The number of benzene rings is 1. The number of sulfonamides is 1. The molecule has 1 aliphatic heterocycles. The smallest absolute Gasteiger partial charge is 0.309 e. The van der Waals surface area contributed by atoms with Gasteiger partial charge in [-0.3, -0.25) is 9.59 Å². The van der Waals surface area contributed by atoms with Crippen LogP contribution < -0.4 is 10.6 Å². The van der Waals surface area contributed by atoms with Crippen LogP contribution in [0, 0.1) is 18.7 Å². The first-order valence-electron chi connectivity index (χ1n) is 9.08. The lowest BCUT2D eigenvalue weighted by Crippen LogP contribution is -2.53. The number of rotatable bonds is 6. The van der Waals surface area contributed by atoms with Crippen molar-refractivity contribution in [3.63, 3.8) is 0 Å². The summed E-state index contributed by atoms with van der Waals surface area (Å²) in [6, 6.07) is 3.44. The zero-order valence-corrected chi connectivity index (χ0v) is 17.0. The molecular formula is C18H26FN3O5S. The van der Waals surface area contributed by atoms with Gasteiger partial charge in [0.25, 0.3) is 0 Å². The molecule has 1 fully saturated rings. The largest absolute Gasteiger partial charge is 0.360 e. The third-order valence-corrected chi connectivity index (χ3v) is 6.24. The first-order valence-corrected chi connectivity index (χ1v) is 10.5. The number of ether oxygens (including phenoxy) is 1. The molecule has 1 saturated heterocycles. The molecule has 2 amide bonds. The van der Waals surface area contributed by atoms with Crippen LogP contribution in [0.2, 0.25) is 0 Å². The Morgan fingerprint density at radius 3 is 2.61 bits per heavy atom. The maximum Gasteiger partial charge on any atom is 0.309 e. The fraction of sp³-hybridized carbons (Fsp3) is 0.556. The van der Waals surface area contributed by atoms with Crippen molar-refractivity contribution in [2.75, 3.05) is 26.2 Å². The molecule has 1 aliphatic rings. The second-order valence-electron chi connectivity index (χ2n) is 7.02. The molecule has 0 unspecified atom stereocenters. The van der Waals surface area contributed by atoms with Crippen LogP contribution >= 0.6 is 0 Å². The maximum absolute atomic E-state index is 13.3. The van der Waals surface area contributed by atoms with Gasteiger partial charge in [0.1, 0.15) is 12.0 Å². The monoisotopic (exact) mass is 415 g/mol. The predicted molar refractivity (Wildman–Crippen MR) is 100 cm³/mol. The van der Waals surface area contributed by atoms with E-state index in [2.05, 4.69) is 10.6 Å². The molecule has 0 bridgehead atoms. The Balaban J connectivity index is 2.09. The number of aryl methyl sites for hydroxylation is 1. The molecule has 10 heteroatoms. The van der Waals surface area contributed by atoms with Crippen LogP contribution in [0.1, 0.15) is 25.8 Å². The van der Waals surface area contributed by atoms with Crippen molar-refractivity contribution in [1.29, 1.82) is 0 Å². The van der Waals surface area contributed by atoms with Crippen molar-refractivity contribution in [3.05, 3.63) is 29.6 Å². The molecule has 1 heterocycles. The molecule has 2 N–H and O–H groups in total. The number of hydrogen-bond acceptors (Lipinski definition) is 5. The zero-order chi connectivity index (χ0) is 20.9. The van der Waals surface area contributed by atoms with Crippen LogP contribution in [0.25, 0.3) is 0 Å². The lowest BCUT2D eigenvalue weighted by molar-refractivity contribution is -0.140.